The van der Waals surface area contributed by atoms with E-state index in [1.807, 2.05) is 0 Å². The third-order valence-corrected chi connectivity index (χ3v) is 4.56. The van der Waals surface area contributed by atoms with Crippen LogP contribution in [0.25, 0.3) is 0 Å². The van der Waals surface area contributed by atoms with E-state index >= 15 is 0 Å². The first-order chi connectivity index (χ1) is 8.00. The molecule has 3 nitrogen and oxygen atoms in total. The topological polar surface area (TPSA) is 46.2 Å². The van der Waals surface area contributed by atoms with Gasteiger partial charge in [0.2, 0.25) is 0 Å². The van der Waals surface area contributed by atoms with Gasteiger partial charge in [0.1, 0.15) is 0 Å². The SMILES string of the molecule is CS(=O)(=O)c1cccc(Cl)c1C1CCCCN1. The third kappa shape index (κ3) is 2.81. The molecule has 94 valence electrons. The fourth-order valence-electron chi connectivity index (χ4n) is 2.28. The summed E-state index contributed by atoms with van der Waals surface area (Å²) in [6, 6.07) is 5.13. The van der Waals surface area contributed by atoms with E-state index in [4.69, 9.17) is 11.6 Å². The van der Waals surface area contributed by atoms with Gasteiger partial charge in [0.25, 0.3) is 0 Å². The number of rotatable bonds is 2. The number of hydrogen-bond donors (Lipinski definition) is 1. The van der Waals surface area contributed by atoms with E-state index in [1.165, 1.54) is 6.26 Å². The largest absolute Gasteiger partial charge is 0.310 e. The van der Waals surface area contributed by atoms with Gasteiger partial charge in [-0.1, -0.05) is 24.1 Å². The van der Waals surface area contributed by atoms with Crippen molar-refractivity contribution in [3.63, 3.8) is 0 Å². The van der Waals surface area contributed by atoms with Crippen LogP contribution in [0.4, 0.5) is 0 Å². The molecule has 0 radical (unpaired) electrons. The lowest BCUT2D eigenvalue weighted by molar-refractivity contribution is 0.407. The van der Waals surface area contributed by atoms with Crippen LogP contribution in [0.3, 0.4) is 0 Å². The first-order valence-electron chi connectivity index (χ1n) is 5.72. The molecule has 1 unspecified atom stereocenters. The van der Waals surface area contributed by atoms with Gasteiger partial charge in [0.15, 0.2) is 9.84 Å². The minimum Gasteiger partial charge on any atom is -0.310 e. The number of nitrogens with one attached hydrogen (secondary N) is 1. The fraction of sp³-hybridized carbons (Fsp3) is 0.500. The standard InChI is InChI=1S/C12H16ClNO2S/c1-17(15,16)11-7-4-5-9(13)12(11)10-6-2-3-8-14-10/h4-5,7,10,14H,2-3,6,8H2,1H3. The number of benzene rings is 1. The molecule has 17 heavy (non-hydrogen) atoms. The highest BCUT2D eigenvalue weighted by Crippen LogP contribution is 2.33. The highest BCUT2D eigenvalue weighted by Gasteiger charge is 2.24. The molecule has 1 N–H and O–H groups in total. The molecule has 1 fully saturated rings. The zero-order chi connectivity index (χ0) is 12.5. The molecule has 2 rings (SSSR count). The predicted molar refractivity (Wildman–Crippen MR) is 69.2 cm³/mol. The van der Waals surface area contributed by atoms with Gasteiger partial charge >= 0.3 is 0 Å². The second-order valence-corrected chi connectivity index (χ2v) is 6.82. The van der Waals surface area contributed by atoms with Gasteiger partial charge in [-0.15, -0.1) is 0 Å². The van der Waals surface area contributed by atoms with E-state index in [0.29, 0.717) is 9.92 Å². The Morgan fingerprint density at radius 3 is 2.71 bits per heavy atom. The number of piperidine rings is 1. The smallest absolute Gasteiger partial charge is 0.175 e. The first-order valence-corrected chi connectivity index (χ1v) is 7.99. The molecule has 0 amide bonds. The van der Waals surface area contributed by atoms with Crippen LogP contribution in [0.5, 0.6) is 0 Å². The van der Waals surface area contributed by atoms with Crippen molar-refractivity contribution in [2.45, 2.75) is 30.2 Å². The Morgan fingerprint density at radius 2 is 2.12 bits per heavy atom. The molecule has 1 heterocycles. The molecule has 0 saturated carbocycles. The summed E-state index contributed by atoms with van der Waals surface area (Å²) in [5, 5.41) is 3.87. The highest BCUT2D eigenvalue weighted by molar-refractivity contribution is 7.90. The average molecular weight is 274 g/mol. The van der Waals surface area contributed by atoms with Crippen LogP contribution < -0.4 is 5.32 Å². The van der Waals surface area contributed by atoms with Crippen molar-refractivity contribution in [1.82, 2.24) is 5.32 Å². The Hall–Kier alpha value is -0.580. The van der Waals surface area contributed by atoms with Crippen molar-refractivity contribution < 1.29 is 8.42 Å². The van der Waals surface area contributed by atoms with E-state index in [-0.39, 0.29) is 6.04 Å². The van der Waals surface area contributed by atoms with Gasteiger partial charge in [-0.2, -0.15) is 0 Å². The quantitative estimate of drug-likeness (QED) is 0.901. The maximum Gasteiger partial charge on any atom is 0.175 e. The highest BCUT2D eigenvalue weighted by atomic mass is 35.5. The monoisotopic (exact) mass is 273 g/mol. The Bertz CT molecular complexity index is 507. The van der Waals surface area contributed by atoms with Crippen LogP contribution in [0, 0.1) is 0 Å². The first kappa shape index (κ1) is 12.9. The number of sulfone groups is 1. The number of hydrogen-bond acceptors (Lipinski definition) is 3. The maximum absolute atomic E-state index is 11.8. The van der Waals surface area contributed by atoms with E-state index in [1.54, 1.807) is 18.2 Å². The van der Waals surface area contributed by atoms with Crippen LogP contribution in [-0.2, 0) is 9.84 Å². The van der Waals surface area contributed by atoms with Gasteiger partial charge in [0, 0.05) is 22.9 Å². The third-order valence-electron chi connectivity index (χ3n) is 3.07. The second kappa shape index (κ2) is 4.96. The summed E-state index contributed by atoms with van der Waals surface area (Å²) in [5.74, 6) is 0. The van der Waals surface area contributed by atoms with E-state index < -0.39 is 9.84 Å². The van der Waals surface area contributed by atoms with Crippen LogP contribution >= 0.6 is 11.6 Å². The summed E-state index contributed by atoms with van der Waals surface area (Å²) < 4.78 is 23.5. The zero-order valence-corrected chi connectivity index (χ0v) is 11.3. The Kier molecular flexibility index (Phi) is 3.76. The van der Waals surface area contributed by atoms with Crippen molar-refractivity contribution in [3.05, 3.63) is 28.8 Å². The Balaban J connectivity index is 2.50. The van der Waals surface area contributed by atoms with Gasteiger partial charge in [-0.25, -0.2) is 8.42 Å². The summed E-state index contributed by atoms with van der Waals surface area (Å²) in [7, 11) is -3.23. The van der Waals surface area contributed by atoms with Gasteiger partial charge in [-0.3, -0.25) is 0 Å². The van der Waals surface area contributed by atoms with Gasteiger partial charge in [-0.05, 0) is 31.5 Å². The van der Waals surface area contributed by atoms with Crippen molar-refractivity contribution >= 4 is 21.4 Å². The lowest BCUT2D eigenvalue weighted by atomic mass is 9.97. The molecule has 1 aromatic rings. The minimum absolute atomic E-state index is 0.0576. The molecule has 1 saturated heterocycles. The van der Waals surface area contributed by atoms with Crippen molar-refractivity contribution in [2.24, 2.45) is 0 Å². The zero-order valence-electron chi connectivity index (χ0n) is 9.74. The molecule has 1 aliphatic heterocycles. The summed E-state index contributed by atoms with van der Waals surface area (Å²) >= 11 is 6.16. The Labute approximate surface area is 107 Å². The van der Waals surface area contributed by atoms with Crippen LogP contribution in [-0.4, -0.2) is 21.2 Å². The van der Waals surface area contributed by atoms with Gasteiger partial charge < -0.3 is 5.32 Å². The van der Waals surface area contributed by atoms with Crippen molar-refractivity contribution in [3.8, 4) is 0 Å². The summed E-state index contributed by atoms with van der Waals surface area (Å²) in [6.07, 6.45) is 4.40. The molecule has 0 spiro atoms. The summed E-state index contributed by atoms with van der Waals surface area (Å²) in [6.45, 7) is 0.916. The lowest BCUT2D eigenvalue weighted by Crippen LogP contribution is -2.28. The van der Waals surface area contributed by atoms with E-state index in [0.717, 1.165) is 31.4 Å². The van der Waals surface area contributed by atoms with Crippen molar-refractivity contribution in [1.29, 1.82) is 0 Å². The molecule has 0 bridgehead atoms. The molecule has 0 aliphatic carbocycles. The molecular weight excluding hydrogens is 258 g/mol. The maximum atomic E-state index is 11.8. The fourth-order valence-corrected chi connectivity index (χ4v) is 3.62. The van der Waals surface area contributed by atoms with Crippen molar-refractivity contribution in [2.75, 3.05) is 12.8 Å². The molecule has 5 heteroatoms. The van der Waals surface area contributed by atoms with Crippen LogP contribution in [0.2, 0.25) is 5.02 Å². The number of halogens is 1. The van der Waals surface area contributed by atoms with Crippen LogP contribution in [0.1, 0.15) is 30.9 Å². The molecule has 0 aromatic heterocycles. The molecule has 1 aliphatic rings. The summed E-state index contributed by atoms with van der Waals surface area (Å²) in [5.41, 5.74) is 0.733. The van der Waals surface area contributed by atoms with E-state index in [9.17, 15) is 8.42 Å². The minimum atomic E-state index is -3.23. The Morgan fingerprint density at radius 1 is 1.35 bits per heavy atom. The summed E-state index contributed by atoms with van der Waals surface area (Å²) in [4.78, 5) is 0.351. The predicted octanol–water partition coefficient (Wildman–Crippen LogP) is 2.56. The second-order valence-electron chi connectivity index (χ2n) is 4.43. The van der Waals surface area contributed by atoms with Crippen LogP contribution in [0.15, 0.2) is 23.1 Å². The molecular formula is C12H16ClNO2S. The molecule has 1 aromatic carbocycles. The van der Waals surface area contributed by atoms with Gasteiger partial charge in [0.05, 0.1) is 4.90 Å². The normalized spacial score (nSPS) is 21.4. The van der Waals surface area contributed by atoms with E-state index in [2.05, 4.69) is 5.32 Å². The molecule has 1 atom stereocenters. The lowest BCUT2D eigenvalue weighted by Gasteiger charge is -2.26. The average Bonchev–Trinajstić information content (AvgIpc) is 2.28.